The summed E-state index contributed by atoms with van der Waals surface area (Å²) >= 11 is 0. The van der Waals surface area contributed by atoms with Crippen molar-refractivity contribution in [3.05, 3.63) is 24.1 Å². The van der Waals surface area contributed by atoms with Crippen molar-refractivity contribution in [1.29, 1.82) is 0 Å². The van der Waals surface area contributed by atoms with Gasteiger partial charge in [0.2, 0.25) is 0 Å². The average Bonchev–Trinajstić information content (AvgIpc) is 2.49. The molecule has 64 valence electrons. The van der Waals surface area contributed by atoms with Crippen molar-refractivity contribution in [2.75, 3.05) is 6.54 Å². The highest BCUT2D eigenvalue weighted by atomic mass is 16.2. The smallest absolute Gasteiger partial charge is 0.159 e. The van der Waals surface area contributed by atoms with E-state index in [0.29, 0.717) is 6.42 Å². The fraction of sp³-hybridized carbons (Fsp3) is 0.444. The molecule has 12 heavy (non-hydrogen) atoms. The Kier molecular flexibility index (Phi) is 1.64. The molecule has 2 heterocycles. The van der Waals surface area contributed by atoms with Crippen LogP contribution in [-0.4, -0.2) is 28.4 Å². The molecule has 2 aliphatic rings. The monoisotopic (exact) mass is 165 g/mol. The van der Waals surface area contributed by atoms with Crippen LogP contribution < -0.4 is 0 Å². The Morgan fingerprint density at radius 3 is 3.25 bits per heavy atom. The van der Waals surface area contributed by atoms with Gasteiger partial charge in [-0.05, 0) is 12.5 Å². The minimum absolute atomic E-state index is 0.0999. The number of rotatable bonds is 0. The molecule has 3 heteroatoms. The Balaban J connectivity index is 2.25. The largest absolute Gasteiger partial charge is 0.513 e. The summed E-state index contributed by atoms with van der Waals surface area (Å²) in [4.78, 5) is 13.3. The minimum Gasteiger partial charge on any atom is -0.513 e. The lowest BCUT2D eigenvalue weighted by Gasteiger charge is -2.30. The lowest BCUT2D eigenvalue weighted by Crippen LogP contribution is -2.40. The molecule has 0 aromatic heterocycles. The highest BCUT2D eigenvalue weighted by Crippen LogP contribution is 2.25. The van der Waals surface area contributed by atoms with Gasteiger partial charge in [-0.2, -0.15) is 0 Å². The number of ketones is 1. The normalized spacial score (nSPS) is 31.3. The number of hydrogen-bond acceptors (Lipinski definition) is 3. The van der Waals surface area contributed by atoms with E-state index in [4.69, 9.17) is 5.11 Å². The lowest BCUT2D eigenvalue weighted by atomic mass is 10.0. The zero-order chi connectivity index (χ0) is 8.55. The van der Waals surface area contributed by atoms with Crippen molar-refractivity contribution in [2.24, 2.45) is 0 Å². The van der Waals surface area contributed by atoms with Crippen molar-refractivity contribution < 1.29 is 9.90 Å². The number of nitrogens with zero attached hydrogens (tertiary/aromatic N) is 1. The molecule has 0 bridgehead atoms. The first-order valence-corrected chi connectivity index (χ1v) is 4.15. The van der Waals surface area contributed by atoms with E-state index in [1.165, 1.54) is 0 Å². The molecule has 2 aliphatic heterocycles. The van der Waals surface area contributed by atoms with E-state index < -0.39 is 0 Å². The molecule has 0 aliphatic carbocycles. The predicted octanol–water partition coefficient (Wildman–Crippen LogP) is 0.989. The molecule has 1 saturated heterocycles. The molecule has 0 saturated carbocycles. The number of Topliss-reactive ketones (excluding diaryl/α,β-unsaturated/α-hetero) is 1. The maximum Gasteiger partial charge on any atom is 0.159 e. The van der Waals surface area contributed by atoms with Crippen molar-refractivity contribution >= 4 is 5.78 Å². The van der Waals surface area contributed by atoms with E-state index in [1.54, 1.807) is 6.08 Å². The third-order valence-corrected chi connectivity index (χ3v) is 2.40. The summed E-state index contributed by atoms with van der Waals surface area (Å²) in [6.45, 7) is 0.871. The molecule has 0 aromatic carbocycles. The summed E-state index contributed by atoms with van der Waals surface area (Å²) < 4.78 is 0. The zero-order valence-electron chi connectivity index (χ0n) is 6.73. The number of hydrogen-bond donors (Lipinski definition) is 1. The summed E-state index contributed by atoms with van der Waals surface area (Å²) in [6, 6.07) is -0.0999. The van der Waals surface area contributed by atoms with Crippen LogP contribution in [-0.2, 0) is 4.79 Å². The SMILES string of the molecule is O=C1CCCN2/C(=C/O)C=CC12. The van der Waals surface area contributed by atoms with E-state index in [9.17, 15) is 4.79 Å². The van der Waals surface area contributed by atoms with Gasteiger partial charge in [0.05, 0.1) is 5.70 Å². The van der Waals surface area contributed by atoms with Crippen LogP contribution in [0.1, 0.15) is 12.8 Å². The molecule has 0 aromatic rings. The standard InChI is InChI=1S/C9H11NO2/c11-6-7-3-4-8-9(12)2-1-5-10(7)8/h3-4,6,8,11H,1-2,5H2/b7-6+. The number of carbonyl (C=O) groups is 1. The Labute approximate surface area is 71.0 Å². The summed E-state index contributed by atoms with van der Waals surface area (Å²) in [7, 11) is 0. The first-order chi connectivity index (χ1) is 5.83. The second-order valence-corrected chi connectivity index (χ2v) is 3.12. The summed E-state index contributed by atoms with van der Waals surface area (Å²) in [5.41, 5.74) is 0.757. The molecule has 1 unspecified atom stereocenters. The van der Waals surface area contributed by atoms with Crippen LogP contribution in [0.5, 0.6) is 0 Å². The number of aliphatic hydroxyl groups excluding tert-OH is 1. The molecule has 0 radical (unpaired) electrons. The van der Waals surface area contributed by atoms with Crippen molar-refractivity contribution in [2.45, 2.75) is 18.9 Å². The zero-order valence-corrected chi connectivity index (χ0v) is 6.73. The summed E-state index contributed by atoms with van der Waals surface area (Å²) in [6.07, 6.45) is 6.28. The van der Waals surface area contributed by atoms with Gasteiger partial charge in [-0.1, -0.05) is 6.08 Å². The van der Waals surface area contributed by atoms with Crippen LogP contribution in [0.25, 0.3) is 0 Å². The molecule has 1 fully saturated rings. The first kappa shape index (κ1) is 7.40. The van der Waals surface area contributed by atoms with Crippen LogP contribution >= 0.6 is 0 Å². The highest BCUT2D eigenvalue weighted by Gasteiger charge is 2.31. The Morgan fingerprint density at radius 1 is 1.67 bits per heavy atom. The van der Waals surface area contributed by atoms with Crippen LogP contribution in [0.2, 0.25) is 0 Å². The fourth-order valence-electron chi connectivity index (χ4n) is 1.79. The Hall–Kier alpha value is -1.25. The van der Waals surface area contributed by atoms with Crippen LogP contribution in [0.3, 0.4) is 0 Å². The van der Waals surface area contributed by atoms with Crippen molar-refractivity contribution in [3.8, 4) is 0 Å². The van der Waals surface area contributed by atoms with Gasteiger partial charge in [-0.25, -0.2) is 0 Å². The van der Waals surface area contributed by atoms with E-state index >= 15 is 0 Å². The Morgan fingerprint density at radius 2 is 2.50 bits per heavy atom. The van der Waals surface area contributed by atoms with Crippen LogP contribution in [0, 0.1) is 0 Å². The van der Waals surface area contributed by atoms with Gasteiger partial charge in [0, 0.05) is 13.0 Å². The molecular formula is C9H11NO2. The van der Waals surface area contributed by atoms with E-state index in [2.05, 4.69) is 0 Å². The van der Waals surface area contributed by atoms with Gasteiger partial charge in [0.15, 0.2) is 5.78 Å². The average molecular weight is 165 g/mol. The van der Waals surface area contributed by atoms with Crippen LogP contribution in [0.4, 0.5) is 0 Å². The molecular weight excluding hydrogens is 154 g/mol. The van der Waals surface area contributed by atoms with Gasteiger partial charge in [0.1, 0.15) is 12.3 Å². The second-order valence-electron chi connectivity index (χ2n) is 3.12. The van der Waals surface area contributed by atoms with Gasteiger partial charge in [0.25, 0.3) is 0 Å². The van der Waals surface area contributed by atoms with Crippen molar-refractivity contribution in [1.82, 2.24) is 4.90 Å². The molecule has 1 atom stereocenters. The third-order valence-electron chi connectivity index (χ3n) is 2.40. The Bertz CT molecular complexity index is 268. The summed E-state index contributed by atoms with van der Waals surface area (Å²) in [5.74, 6) is 0.259. The van der Waals surface area contributed by atoms with Gasteiger partial charge >= 0.3 is 0 Å². The van der Waals surface area contributed by atoms with Gasteiger partial charge in [-0.3, -0.25) is 4.79 Å². The van der Waals surface area contributed by atoms with E-state index in [1.807, 2.05) is 11.0 Å². The molecule has 2 rings (SSSR count). The second kappa shape index (κ2) is 2.66. The highest BCUT2D eigenvalue weighted by molar-refractivity contribution is 5.87. The minimum atomic E-state index is -0.0999. The number of piperidine rings is 1. The van der Waals surface area contributed by atoms with Gasteiger partial charge in [-0.15, -0.1) is 0 Å². The predicted molar refractivity (Wildman–Crippen MR) is 44.6 cm³/mol. The molecule has 0 spiro atoms. The molecule has 0 amide bonds. The third kappa shape index (κ3) is 0.932. The van der Waals surface area contributed by atoms with Crippen LogP contribution in [0.15, 0.2) is 24.1 Å². The number of allylic oxidation sites excluding steroid dienone is 1. The molecule has 1 N–H and O–H groups in total. The molecule has 3 nitrogen and oxygen atoms in total. The first-order valence-electron chi connectivity index (χ1n) is 4.15. The van der Waals surface area contributed by atoms with Crippen molar-refractivity contribution in [3.63, 3.8) is 0 Å². The quantitative estimate of drug-likeness (QED) is 0.544. The fourth-order valence-corrected chi connectivity index (χ4v) is 1.79. The maximum absolute atomic E-state index is 11.3. The lowest BCUT2D eigenvalue weighted by molar-refractivity contribution is -0.123. The topological polar surface area (TPSA) is 40.5 Å². The van der Waals surface area contributed by atoms with Gasteiger partial charge < -0.3 is 10.0 Å². The maximum atomic E-state index is 11.3. The number of carbonyl (C=O) groups excluding carboxylic acids is 1. The number of aliphatic hydroxyl groups is 1. The van der Waals surface area contributed by atoms with E-state index in [-0.39, 0.29) is 11.8 Å². The summed E-state index contributed by atoms with van der Waals surface area (Å²) in [5, 5.41) is 8.82. The number of fused-ring (bicyclic) bond motifs is 1. The van der Waals surface area contributed by atoms with E-state index in [0.717, 1.165) is 24.9 Å².